The van der Waals surface area contributed by atoms with Crippen LogP contribution in [0.5, 0.6) is 0 Å². The summed E-state index contributed by atoms with van der Waals surface area (Å²) < 4.78 is 11.7. The molecular formula is C46H25N7O8S2. The first-order valence-electron chi connectivity index (χ1n) is 19.2. The molecule has 0 spiro atoms. The molecule has 2 saturated carbocycles. The lowest BCUT2D eigenvalue weighted by molar-refractivity contribution is -0.164. The summed E-state index contributed by atoms with van der Waals surface area (Å²) in [4.78, 5) is 98.5. The Morgan fingerprint density at radius 2 is 1.19 bits per heavy atom. The first kappa shape index (κ1) is 40.3. The number of allylic oxidation sites excluding steroid dienone is 1. The van der Waals surface area contributed by atoms with Crippen molar-refractivity contribution in [2.24, 2.45) is 28.7 Å². The van der Waals surface area contributed by atoms with E-state index in [1.54, 1.807) is 60.7 Å². The molecule has 17 heteroatoms. The molecule has 5 aromatic rings. The Balaban J connectivity index is 1.18. The van der Waals surface area contributed by atoms with Crippen molar-refractivity contribution >= 4 is 74.7 Å². The topological polar surface area (TPSA) is 254 Å². The molecule has 2 heterocycles. The zero-order valence-electron chi connectivity index (χ0n) is 32.4. The quantitative estimate of drug-likeness (QED) is 0.0741. The lowest BCUT2D eigenvalue weighted by Crippen LogP contribution is -2.46. The molecule has 2 aromatic heterocycles. The van der Waals surface area contributed by atoms with Crippen LogP contribution in [0, 0.1) is 69.0 Å². The average Bonchev–Trinajstić information content (AvgIpc) is 4.08. The first-order chi connectivity index (χ1) is 30.5. The van der Waals surface area contributed by atoms with E-state index in [2.05, 4.69) is 27.1 Å². The van der Waals surface area contributed by atoms with E-state index in [0.29, 0.717) is 11.1 Å². The van der Waals surface area contributed by atoms with Crippen molar-refractivity contribution in [1.29, 1.82) is 21.0 Å². The van der Waals surface area contributed by atoms with Crippen molar-refractivity contribution in [3.63, 3.8) is 0 Å². The van der Waals surface area contributed by atoms with Crippen LogP contribution < -0.4 is 0 Å². The van der Waals surface area contributed by atoms with Crippen LogP contribution in [0.3, 0.4) is 0 Å². The molecular weight excluding hydrogens is 843 g/mol. The van der Waals surface area contributed by atoms with E-state index in [-0.39, 0.29) is 85.2 Å². The Labute approximate surface area is 364 Å². The molecule has 0 aliphatic heterocycles. The van der Waals surface area contributed by atoms with Crippen LogP contribution in [0.2, 0.25) is 0 Å². The number of thiazole rings is 2. The third-order valence-corrected chi connectivity index (χ3v) is 13.6. The van der Waals surface area contributed by atoms with Gasteiger partial charge in [-0.3, -0.25) is 19.2 Å². The second-order valence-corrected chi connectivity index (χ2v) is 17.0. The predicted molar refractivity (Wildman–Crippen MR) is 221 cm³/mol. The van der Waals surface area contributed by atoms with Crippen molar-refractivity contribution in [2.45, 2.75) is 31.5 Å². The number of esters is 2. The van der Waals surface area contributed by atoms with Gasteiger partial charge < -0.3 is 9.47 Å². The number of carbonyl (C=O) groups is 6. The zero-order valence-corrected chi connectivity index (χ0v) is 34.0. The number of ketones is 4. The third kappa shape index (κ3) is 6.46. The highest BCUT2D eigenvalue weighted by Gasteiger charge is 2.63. The lowest BCUT2D eigenvalue weighted by Gasteiger charge is -2.29. The number of nitrogens with zero attached hydrogens (tertiary/aromatic N) is 7. The van der Waals surface area contributed by atoms with E-state index < -0.39 is 69.9 Å². The molecule has 0 saturated heterocycles. The predicted octanol–water partition coefficient (Wildman–Crippen LogP) is 6.09. The number of Topliss-reactive ketones (excluding diaryl/α,β-unsaturated/α-hetero) is 4. The van der Waals surface area contributed by atoms with Gasteiger partial charge in [0.1, 0.15) is 30.4 Å². The molecule has 9 rings (SSSR count). The Morgan fingerprint density at radius 1 is 0.714 bits per heavy atom. The number of hydrogen-bond donors (Lipinski definition) is 0. The first-order valence-corrected chi connectivity index (χ1v) is 20.9. The van der Waals surface area contributed by atoms with Crippen LogP contribution in [0.15, 0.2) is 83.4 Å². The second-order valence-electron chi connectivity index (χ2n) is 15.0. The van der Waals surface area contributed by atoms with Gasteiger partial charge in [-0.2, -0.15) is 21.0 Å². The maximum Gasteiger partial charge on any atom is 0.336 e. The van der Waals surface area contributed by atoms with Crippen LogP contribution >= 0.6 is 22.7 Å². The Kier molecular flexibility index (Phi) is 10.1. The fourth-order valence-corrected chi connectivity index (χ4v) is 10.6. The maximum atomic E-state index is 14.8. The zero-order chi connectivity index (χ0) is 44.2. The molecule has 4 atom stereocenters. The van der Waals surface area contributed by atoms with Crippen LogP contribution in [0.1, 0.15) is 72.2 Å². The monoisotopic (exact) mass is 867 g/mol. The number of fused-ring (bicyclic) bond motifs is 5. The molecule has 0 radical (unpaired) electrons. The van der Waals surface area contributed by atoms with Gasteiger partial charge in [0.25, 0.3) is 5.41 Å². The molecule has 63 heavy (non-hydrogen) atoms. The summed E-state index contributed by atoms with van der Waals surface area (Å²) in [6.07, 6.45) is 1.22. The number of carbonyl (C=O) groups excluding carboxylic acids is 6. The minimum absolute atomic E-state index is 0.0119. The fraction of sp³-hybridized carbons (Fsp3) is 0.196. The average molecular weight is 868 g/mol. The summed E-state index contributed by atoms with van der Waals surface area (Å²) in [5.74, 6) is -8.12. The molecule has 2 fully saturated rings. The number of nitriles is 4. The van der Waals surface area contributed by atoms with E-state index in [1.807, 2.05) is 12.1 Å². The lowest BCUT2D eigenvalue weighted by atomic mass is 9.70. The van der Waals surface area contributed by atoms with Crippen LogP contribution in [-0.2, 0) is 47.3 Å². The summed E-state index contributed by atoms with van der Waals surface area (Å²) in [7, 11) is 0. The fourth-order valence-electron chi connectivity index (χ4n) is 8.37. The SMILES string of the molecule is N#Cc1cc2c(cc1C#N)C(=O)C(=Cc1nc3c(s1)-c1sc(N=C4C(=O)C5CC(C#N)C(C#N)CC5C4=O)nc1C3(C(=O)OCc1ccccc1)C(=O)OCc1ccccc1)C2=O. The molecule has 304 valence electrons. The van der Waals surface area contributed by atoms with E-state index >= 15 is 0 Å². The van der Waals surface area contributed by atoms with Crippen LogP contribution in [0.25, 0.3) is 15.8 Å². The second kappa shape index (κ2) is 15.7. The maximum absolute atomic E-state index is 14.8. The largest absolute Gasteiger partial charge is 0.459 e. The van der Waals surface area contributed by atoms with Gasteiger partial charge in [-0.15, -0.1) is 11.3 Å². The van der Waals surface area contributed by atoms with Gasteiger partial charge in [0.2, 0.25) is 5.13 Å². The minimum Gasteiger partial charge on any atom is -0.459 e. The minimum atomic E-state index is -2.52. The summed E-state index contributed by atoms with van der Waals surface area (Å²) in [5, 5.41) is 38.3. The highest BCUT2D eigenvalue weighted by atomic mass is 32.1. The number of benzene rings is 3. The third-order valence-electron chi connectivity index (χ3n) is 11.5. The van der Waals surface area contributed by atoms with Gasteiger partial charge in [-0.1, -0.05) is 72.0 Å². The number of aromatic nitrogens is 2. The van der Waals surface area contributed by atoms with Crippen LogP contribution in [-0.4, -0.2) is 50.8 Å². The Hall–Kier alpha value is -8.09. The highest BCUT2D eigenvalue weighted by molar-refractivity contribution is 7.24. The summed E-state index contributed by atoms with van der Waals surface area (Å²) >= 11 is 1.76. The van der Waals surface area contributed by atoms with Gasteiger partial charge in [0, 0.05) is 23.0 Å². The van der Waals surface area contributed by atoms with Gasteiger partial charge in [0.05, 0.1) is 61.8 Å². The summed E-state index contributed by atoms with van der Waals surface area (Å²) in [5.41, 5.74) is -2.81. The normalized spacial score (nSPS) is 20.0. The summed E-state index contributed by atoms with van der Waals surface area (Å²) in [6.45, 7) is -0.567. The van der Waals surface area contributed by atoms with Crippen LogP contribution in [0.4, 0.5) is 5.13 Å². The molecule has 0 bridgehead atoms. The molecule has 4 unspecified atom stereocenters. The van der Waals surface area contributed by atoms with Crippen molar-refractivity contribution in [3.05, 3.63) is 128 Å². The van der Waals surface area contributed by atoms with Gasteiger partial charge in [-0.05, 0) is 42.2 Å². The van der Waals surface area contributed by atoms with Crippen molar-refractivity contribution < 1.29 is 38.2 Å². The Morgan fingerprint density at radius 3 is 1.67 bits per heavy atom. The molecule has 15 nitrogen and oxygen atoms in total. The standard InChI is InChI=1S/C46H25N7O8S2/c47-16-24-11-28-29(12-25(24)17-48)36(55)32(35(28)54)15-33-51-41-39(62-33)40-42(53-45(63-40)52-34-37(56)30-13-26(18-49)27(19-50)14-31(30)38(34)57)46(41,43(58)60-20-22-7-3-1-4-8-22)44(59)61-21-23-9-5-2-6-10-23/h1-12,15,26-27,30-31H,13-14,20-21H2. The highest BCUT2D eigenvalue weighted by Crippen LogP contribution is 2.56. The number of aliphatic imine (C=N–C) groups is 1. The van der Waals surface area contributed by atoms with Gasteiger partial charge >= 0.3 is 11.9 Å². The van der Waals surface area contributed by atoms with Crippen molar-refractivity contribution in [3.8, 4) is 34.0 Å². The molecule has 0 N–H and O–H groups in total. The van der Waals surface area contributed by atoms with E-state index in [9.17, 15) is 49.8 Å². The number of ether oxygens (including phenoxy) is 2. The number of rotatable bonds is 8. The van der Waals surface area contributed by atoms with Gasteiger partial charge in [-0.25, -0.2) is 24.5 Å². The van der Waals surface area contributed by atoms with E-state index in [1.165, 1.54) is 18.2 Å². The molecule has 0 amide bonds. The van der Waals surface area contributed by atoms with Crippen molar-refractivity contribution in [1.82, 2.24) is 9.97 Å². The van der Waals surface area contributed by atoms with Gasteiger partial charge in [0.15, 0.2) is 28.8 Å². The van der Waals surface area contributed by atoms with E-state index in [0.717, 1.165) is 22.7 Å². The molecule has 3 aromatic carbocycles. The molecule has 4 aliphatic rings. The van der Waals surface area contributed by atoms with Crippen molar-refractivity contribution in [2.75, 3.05) is 0 Å². The molecule has 4 aliphatic carbocycles. The summed E-state index contributed by atoms with van der Waals surface area (Å²) in [6, 6.07) is 27.5. The number of hydrogen-bond acceptors (Lipinski definition) is 17. The Bertz CT molecular complexity index is 2970. The van der Waals surface area contributed by atoms with E-state index in [4.69, 9.17) is 9.47 Å². The smallest absolute Gasteiger partial charge is 0.336 e.